The predicted octanol–water partition coefficient (Wildman–Crippen LogP) is 3.53. The van der Waals surface area contributed by atoms with Crippen molar-refractivity contribution in [2.75, 3.05) is 12.8 Å². The van der Waals surface area contributed by atoms with Crippen LogP contribution in [0, 0.1) is 6.92 Å². The number of likely N-dealkylation sites (tertiary alicyclic amines) is 1. The van der Waals surface area contributed by atoms with E-state index >= 15 is 0 Å². The predicted molar refractivity (Wildman–Crippen MR) is 82.8 cm³/mol. The molecule has 7 heteroatoms. The maximum absolute atomic E-state index is 12.7. The van der Waals surface area contributed by atoms with Crippen molar-refractivity contribution in [3.8, 4) is 0 Å². The number of rotatable bonds is 3. The Labute approximate surface area is 131 Å². The SMILES string of the molecule is CSc1nc(C(=O)N2CCCC[C@H]2c2cc(C)on2)cs1. The van der Waals surface area contributed by atoms with E-state index in [1.165, 1.54) is 11.3 Å². The molecular weight excluding hydrogens is 306 g/mol. The van der Waals surface area contributed by atoms with E-state index in [9.17, 15) is 4.79 Å². The van der Waals surface area contributed by atoms with Gasteiger partial charge in [-0.25, -0.2) is 4.98 Å². The monoisotopic (exact) mass is 323 g/mol. The molecule has 0 unspecified atom stereocenters. The smallest absolute Gasteiger partial charge is 0.273 e. The molecule has 0 aliphatic carbocycles. The molecule has 0 N–H and O–H groups in total. The van der Waals surface area contributed by atoms with Gasteiger partial charge in [0.2, 0.25) is 0 Å². The minimum absolute atomic E-state index is 0.00287. The Morgan fingerprint density at radius 2 is 2.38 bits per heavy atom. The summed E-state index contributed by atoms with van der Waals surface area (Å²) < 4.78 is 6.09. The molecule has 1 atom stereocenters. The molecule has 0 radical (unpaired) electrons. The van der Waals surface area contributed by atoms with Crippen LogP contribution in [0.5, 0.6) is 0 Å². The third kappa shape index (κ3) is 2.98. The van der Waals surface area contributed by atoms with Gasteiger partial charge in [-0.2, -0.15) is 0 Å². The third-order valence-electron chi connectivity index (χ3n) is 3.63. The van der Waals surface area contributed by atoms with Crippen LogP contribution in [-0.2, 0) is 0 Å². The average molecular weight is 323 g/mol. The first-order valence-corrected chi connectivity index (χ1v) is 9.03. The highest BCUT2D eigenvalue weighted by atomic mass is 32.2. The van der Waals surface area contributed by atoms with E-state index in [4.69, 9.17) is 4.52 Å². The standard InChI is InChI=1S/C14H17N3O2S2/c1-9-7-10(16-19-9)12-5-3-4-6-17(12)13(18)11-8-21-14(15-11)20-2/h7-8,12H,3-6H2,1-2H3/t12-/m0/s1. The molecule has 21 heavy (non-hydrogen) atoms. The summed E-state index contributed by atoms with van der Waals surface area (Å²) in [4.78, 5) is 19.0. The van der Waals surface area contributed by atoms with Gasteiger partial charge in [-0.1, -0.05) is 16.9 Å². The molecule has 2 aromatic rings. The number of hydrogen-bond donors (Lipinski definition) is 0. The molecule has 0 bridgehead atoms. The van der Waals surface area contributed by atoms with Gasteiger partial charge >= 0.3 is 0 Å². The van der Waals surface area contributed by atoms with Gasteiger partial charge < -0.3 is 9.42 Å². The molecule has 0 saturated carbocycles. The molecule has 0 spiro atoms. The normalized spacial score (nSPS) is 19.0. The van der Waals surface area contributed by atoms with E-state index < -0.39 is 0 Å². The van der Waals surface area contributed by atoms with E-state index in [1.807, 2.05) is 29.5 Å². The largest absolute Gasteiger partial charge is 0.361 e. The molecule has 1 saturated heterocycles. The third-order valence-corrected chi connectivity index (χ3v) is 5.49. The number of piperidine rings is 1. The molecule has 1 amide bonds. The first-order valence-electron chi connectivity index (χ1n) is 6.92. The van der Waals surface area contributed by atoms with Gasteiger partial charge in [-0.15, -0.1) is 11.3 Å². The van der Waals surface area contributed by atoms with Crippen molar-refractivity contribution >= 4 is 29.0 Å². The number of aryl methyl sites for hydroxylation is 1. The topological polar surface area (TPSA) is 59.2 Å². The summed E-state index contributed by atoms with van der Waals surface area (Å²) in [5, 5.41) is 5.94. The van der Waals surface area contributed by atoms with Crippen molar-refractivity contribution in [3.63, 3.8) is 0 Å². The lowest BCUT2D eigenvalue weighted by atomic mass is 9.99. The highest BCUT2D eigenvalue weighted by Crippen LogP contribution is 2.32. The number of thioether (sulfide) groups is 1. The van der Waals surface area contributed by atoms with Crippen molar-refractivity contribution in [3.05, 3.63) is 28.6 Å². The summed E-state index contributed by atoms with van der Waals surface area (Å²) in [6.45, 7) is 2.62. The van der Waals surface area contributed by atoms with Crippen molar-refractivity contribution < 1.29 is 9.32 Å². The van der Waals surface area contributed by atoms with Crippen molar-refractivity contribution in [2.24, 2.45) is 0 Å². The second kappa shape index (κ2) is 6.19. The molecule has 112 valence electrons. The van der Waals surface area contributed by atoms with Crippen LogP contribution in [0.2, 0.25) is 0 Å². The summed E-state index contributed by atoms with van der Waals surface area (Å²) in [7, 11) is 0. The van der Waals surface area contributed by atoms with E-state index in [0.717, 1.165) is 41.6 Å². The summed E-state index contributed by atoms with van der Waals surface area (Å²) in [6.07, 6.45) is 5.03. The lowest BCUT2D eigenvalue weighted by molar-refractivity contribution is 0.0596. The Bertz CT molecular complexity index is 638. The molecule has 2 aromatic heterocycles. The van der Waals surface area contributed by atoms with Crippen LogP contribution in [0.15, 0.2) is 20.3 Å². The Balaban J connectivity index is 1.85. The zero-order valence-corrected chi connectivity index (χ0v) is 13.7. The lowest BCUT2D eigenvalue weighted by Crippen LogP contribution is -2.38. The van der Waals surface area contributed by atoms with Crippen molar-refractivity contribution in [1.82, 2.24) is 15.0 Å². The Morgan fingerprint density at radius 1 is 1.52 bits per heavy atom. The molecule has 3 rings (SSSR count). The average Bonchev–Trinajstić information content (AvgIpc) is 3.15. The number of carbonyl (C=O) groups is 1. The van der Waals surface area contributed by atoms with E-state index in [0.29, 0.717) is 5.69 Å². The zero-order valence-electron chi connectivity index (χ0n) is 12.0. The molecule has 0 aromatic carbocycles. The van der Waals surface area contributed by atoms with Gasteiger partial charge in [0.1, 0.15) is 21.5 Å². The lowest BCUT2D eigenvalue weighted by Gasteiger charge is -2.34. The molecule has 1 aliphatic heterocycles. The van der Waals surface area contributed by atoms with Crippen LogP contribution in [0.4, 0.5) is 0 Å². The summed E-state index contributed by atoms with van der Waals surface area (Å²) in [5.41, 5.74) is 1.39. The highest BCUT2D eigenvalue weighted by Gasteiger charge is 2.31. The number of amides is 1. The van der Waals surface area contributed by atoms with Crippen LogP contribution < -0.4 is 0 Å². The first-order chi connectivity index (χ1) is 10.2. The summed E-state index contributed by atoms with van der Waals surface area (Å²) in [6, 6.07) is 1.92. The zero-order chi connectivity index (χ0) is 14.8. The quantitative estimate of drug-likeness (QED) is 0.809. The Hall–Kier alpha value is -1.34. The fourth-order valence-corrected chi connectivity index (χ4v) is 3.86. The Kier molecular flexibility index (Phi) is 4.30. The van der Waals surface area contributed by atoms with Crippen LogP contribution in [-0.4, -0.2) is 33.7 Å². The van der Waals surface area contributed by atoms with Crippen LogP contribution in [0.3, 0.4) is 0 Å². The van der Waals surface area contributed by atoms with Crippen molar-refractivity contribution in [2.45, 2.75) is 36.6 Å². The van der Waals surface area contributed by atoms with E-state index in [2.05, 4.69) is 10.1 Å². The first kappa shape index (κ1) is 14.6. The summed E-state index contributed by atoms with van der Waals surface area (Å²) >= 11 is 3.08. The van der Waals surface area contributed by atoms with Gasteiger partial charge in [0, 0.05) is 18.0 Å². The molecule has 5 nitrogen and oxygen atoms in total. The number of aromatic nitrogens is 2. The maximum atomic E-state index is 12.7. The Morgan fingerprint density at radius 3 is 3.05 bits per heavy atom. The van der Waals surface area contributed by atoms with E-state index in [1.54, 1.807) is 11.8 Å². The van der Waals surface area contributed by atoms with Gasteiger partial charge in [0.15, 0.2) is 0 Å². The van der Waals surface area contributed by atoms with Crippen LogP contribution in [0.1, 0.15) is 47.2 Å². The van der Waals surface area contributed by atoms with Gasteiger partial charge in [0.05, 0.1) is 6.04 Å². The molecule has 1 fully saturated rings. The maximum Gasteiger partial charge on any atom is 0.273 e. The number of thiazole rings is 1. The number of hydrogen-bond acceptors (Lipinski definition) is 6. The molecule has 1 aliphatic rings. The number of nitrogens with zero attached hydrogens (tertiary/aromatic N) is 3. The van der Waals surface area contributed by atoms with Gasteiger partial charge in [0.25, 0.3) is 5.91 Å². The summed E-state index contributed by atoms with van der Waals surface area (Å²) in [5.74, 6) is 0.776. The minimum atomic E-state index is -0.00287. The van der Waals surface area contributed by atoms with Gasteiger partial charge in [-0.3, -0.25) is 4.79 Å². The second-order valence-corrected chi connectivity index (χ2v) is 6.99. The van der Waals surface area contributed by atoms with Gasteiger partial charge in [-0.05, 0) is 32.4 Å². The van der Waals surface area contributed by atoms with E-state index in [-0.39, 0.29) is 11.9 Å². The van der Waals surface area contributed by atoms with Crippen molar-refractivity contribution in [1.29, 1.82) is 0 Å². The van der Waals surface area contributed by atoms with Crippen LogP contribution in [0.25, 0.3) is 0 Å². The van der Waals surface area contributed by atoms with Crippen LogP contribution >= 0.6 is 23.1 Å². The minimum Gasteiger partial charge on any atom is -0.361 e. The molecular formula is C14H17N3O2S2. The number of carbonyl (C=O) groups excluding carboxylic acids is 1. The highest BCUT2D eigenvalue weighted by molar-refractivity contribution is 8.00. The molecule has 3 heterocycles. The fraction of sp³-hybridized carbons (Fsp3) is 0.500. The fourth-order valence-electron chi connectivity index (χ4n) is 2.62. The second-order valence-electron chi connectivity index (χ2n) is 5.08.